The first-order chi connectivity index (χ1) is 9.63. The van der Waals surface area contributed by atoms with Crippen molar-refractivity contribution in [1.29, 1.82) is 0 Å². The number of pyridine rings is 1. The van der Waals surface area contributed by atoms with Crippen LogP contribution < -0.4 is 5.32 Å². The number of hydrogen-bond donors (Lipinski definition) is 2. The van der Waals surface area contributed by atoms with Gasteiger partial charge in [0.05, 0.1) is 16.6 Å². The molecule has 0 radical (unpaired) electrons. The minimum Gasteiger partial charge on any atom is -0.478 e. The van der Waals surface area contributed by atoms with E-state index in [4.69, 9.17) is 16.7 Å². The minimum absolute atomic E-state index is 0.0326. The average molecular weight is 291 g/mol. The molecule has 1 aromatic heterocycles. The quantitative estimate of drug-likeness (QED) is 0.874. The molecule has 1 heterocycles. The summed E-state index contributed by atoms with van der Waals surface area (Å²) >= 11 is 6.09. The second kappa shape index (κ2) is 6.39. The van der Waals surface area contributed by atoms with Crippen LogP contribution in [0.5, 0.6) is 0 Å². The van der Waals surface area contributed by atoms with Crippen molar-refractivity contribution in [3.8, 4) is 0 Å². The molecule has 2 N–H and O–H groups in total. The lowest BCUT2D eigenvalue weighted by Gasteiger charge is -2.19. The zero-order valence-electron chi connectivity index (χ0n) is 11.0. The summed E-state index contributed by atoms with van der Waals surface area (Å²) in [6.45, 7) is 2.04. The third-order valence-corrected chi connectivity index (χ3v) is 3.42. The van der Waals surface area contributed by atoms with Crippen molar-refractivity contribution < 1.29 is 9.90 Å². The van der Waals surface area contributed by atoms with E-state index >= 15 is 0 Å². The molecule has 2 rings (SSSR count). The highest BCUT2D eigenvalue weighted by molar-refractivity contribution is 6.35. The van der Waals surface area contributed by atoms with Crippen molar-refractivity contribution in [2.45, 2.75) is 19.4 Å². The van der Waals surface area contributed by atoms with Gasteiger partial charge in [0, 0.05) is 6.20 Å². The van der Waals surface area contributed by atoms with Crippen molar-refractivity contribution in [3.63, 3.8) is 0 Å². The summed E-state index contributed by atoms with van der Waals surface area (Å²) in [7, 11) is 0. The van der Waals surface area contributed by atoms with Gasteiger partial charge in [-0.2, -0.15) is 0 Å². The van der Waals surface area contributed by atoms with Gasteiger partial charge in [-0.25, -0.2) is 9.78 Å². The maximum atomic E-state index is 11.1. The highest BCUT2D eigenvalue weighted by Crippen LogP contribution is 2.28. The Kier molecular flexibility index (Phi) is 4.58. The number of nitrogens with one attached hydrogen (secondary N) is 1. The third kappa shape index (κ3) is 3.08. The maximum Gasteiger partial charge on any atom is 0.337 e. The molecule has 0 saturated heterocycles. The van der Waals surface area contributed by atoms with E-state index in [1.54, 1.807) is 0 Å². The second-order valence-corrected chi connectivity index (χ2v) is 4.72. The Morgan fingerprint density at radius 1 is 1.35 bits per heavy atom. The first-order valence-electron chi connectivity index (χ1n) is 6.32. The molecule has 0 aliphatic carbocycles. The van der Waals surface area contributed by atoms with Gasteiger partial charge in [0.15, 0.2) is 0 Å². The summed E-state index contributed by atoms with van der Waals surface area (Å²) in [6, 6.07) is 11.3. The average Bonchev–Trinajstić information content (AvgIpc) is 2.47. The van der Waals surface area contributed by atoms with Crippen LogP contribution in [0, 0.1) is 0 Å². The molecule has 0 fully saturated rings. The smallest absolute Gasteiger partial charge is 0.337 e. The summed E-state index contributed by atoms with van der Waals surface area (Å²) in [5.41, 5.74) is 1.15. The van der Waals surface area contributed by atoms with Crippen LogP contribution in [0.4, 0.5) is 5.82 Å². The number of carboxylic acids is 1. The molecule has 5 heteroatoms. The fraction of sp³-hybridized carbons (Fsp3) is 0.200. The standard InChI is InChI=1S/C15H15ClN2O2/c1-2-12(10-6-4-3-5-7-10)18-14-13(16)11(15(19)20)8-9-17-14/h3-9,12H,2H2,1H3,(H,17,18)(H,19,20). The number of carbonyl (C=O) groups is 1. The van der Waals surface area contributed by atoms with Crippen LogP contribution in [0.1, 0.15) is 35.3 Å². The fourth-order valence-corrected chi connectivity index (χ4v) is 2.23. The van der Waals surface area contributed by atoms with Crippen molar-refractivity contribution in [2.24, 2.45) is 0 Å². The van der Waals surface area contributed by atoms with E-state index in [2.05, 4.69) is 10.3 Å². The van der Waals surface area contributed by atoms with Crippen LogP contribution in [0.25, 0.3) is 0 Å². The van der Waals surface area contributed by atoms with Crippen LogP contribution in [-0.4, -0.2) is 16.1 Å². The van der Waals surface area contributed by atoms with E-state index in [0.717, 1.165) is 12.0 Å². The van der Waals surface area contributed by atoms with Crippen LogP contribution in [0.3, 0.4) is 0 Å². The van der Waals surface area contributed by atoms with Crippen molar-refractivity contribution in [3.05, 3.63) is 58.7 Å². The van der Waals surface area contributed by atoms with Crippen molar-refractivity contribution in [2.75, 3.05) is 5.32 Å². The van der Waals surface area contributed by atoms with Crippen LogP contribution in [0.2, 0.25) is 5.02 Å². The Labute approximate surface area is 122 Å². The predicted octanol–water partition coefficient (Wildman–Crippen LogP) is 4.00. The second-order valence-electron chi connectivity index (χ2n) is 4.34. The number of rotatable bonds is 5. The number of anilines is 1. The first kappa shape index (κ1) is 14.3. The van der Waals surface area contributed by atoms with Gasteiger partial charge >= 0.3 is 5.97 Å². The Morgan fingerprint density at radius 3 is 2.65 bits per heavy atom. The monoisotopic (exact) mass is 290 g/mol. The zero-order chi connectivity index (χ0) is 14.5. The lowest BCUT2D eigenvalue weighted by molar-refractivity contribution is 0.0697. The minimum atomic E-state index is -1.06. The van der Waals surface area contributed by atoms with Crippen molar-refractivity contribution in [1.82, 2.24) is 4.98 Å². The third-order valence-electron chi connectivity index (χ3n) is 3.04. The Hall–Kier alpha value is -2.07. The lowest BCUT2D eigenvalue weighted by atomic mass is 10.0. The van der Waals surface area contributed by atoms with Crippen molar-refractivity contribution >= 4 is 23.4 Å². The van der Waals surface area contributed by atoms with E-state index in [1.165, 1.54) is 12.3 Å². The molecular weight excluding hydrogens is 276 g/mol. The van der Waals surface area contributed by atoms with Crippen LogP contribution >= 0.6 is 11.6 Å². The Bertz CT molecular complexity index is 602. The van der Waals surface area contributed by atoms with Gasteiger partial charge in [0.25, 0.3) is 0 Å². The summed E-state index contributed by atoms with van der Waals surface area (Å²) in [4.78, 5) is 15.2. The SMILES string of the molecule is CCC(Nc1nccc(C(=O)O)c1Cl)c1ccccc1. The van der Waals surface area contributed by atoms with Gasteiger partial charge in [-0.05, 0) is 18.1 Å². The highest BCUT2D eigenvalue weighted by Gasteiger charge is 2.16. The molecule has 1 aromatic carbocycles. The number of aromatic carboxylic acids is 1. The summed E-state index contributed by atoms with van der Waals surface area (Å²) in [5, 5.41) is 12.4. The highest BCUT2D eigenvalue weighted by atomic mass is 35.5. The number of halogens is 1. The van der Waals surface area contributed by atoms with E-state index in [-0.39, 0.29) is 16.6 Å². The molecule has 2 aromatic rings. The topological polar surface area (TPSA) is 62.2 Å². The van der Waals surface area contributed by atoms with E-state index in [1.807, 2.05) is 37.3 Å². The molecular formula is C15H15ClN2O2. The predicted molar refractivity (Wildman–Crippen MR) is 79.3 cm³/mol. The maximum absolute atomic E-state index is 11.1. The zero-order valence-corrected chi connectivity index (χ0v) is 11.8. The molecule has 0 saturated carbocycles. The molecule has 0 bridgehead atoms. The number of nitrogens with zero attached hydrogens (tertiary/aromatic N) is 1. The molecule has 1 atom stereocenters. The number of aromatic nitrogens is 1. The van der Waals surface area contributed by atoms with Gasteiger partial charge in [-0.1, -0.05) is 48.9 Å². The van der Waals surface area contributed by atoms with Gasteiger partial charge in [0.1, 0.15) is 5.82 Å². The molecule has 20 heavy (non-hydrogen) atoms. The number of hydrogen-bond acceptors (Lipinski definition) is 3. The summed E-state index contributed by atoms with van der Waals surface area (Å²) in [5.74, 6) is -0.671. The molecule has 0 aliphatic rings. The number of carboxylic acid groups (broad SMARTS) is 1. The van der Waals surface area contributed by atoms with Gasteiger partial charge in [0.2, 0.25) is 0 Å². The fourth-order valence-electron chi connectivity index (χ4n) is 1.98. The summed E-state index contributed by atoms with van der Waals surface area (Å²) in [6.07, 6.45) is 2.27. The Balaban J connectivity index is 2.29. The molecule has 1 unspecified atom stereocenters. The molecule has 4 nitrogen and oxygen atoms in total. The van der Waals surface area contributed by atoms with Crippen LogP contribution in [0.15, 0.2) is 42.6 Å². The van der Waals surface area contributed by atoms with Gasteiger partial charge < -0.3 is 10.4 Å². The lowest BCUT2D eigenvalue weighted by Crippen LogP contribution is -2.12. The van der Waals surface area contributed by atoms with Gasteiger partial charge in [-0.3, -0.25) is 0 Å². The van der Waals surface area contributed by atoms with Gasteiger partial charge in [-0.15, -0.1) is 0 Å². The van der Waals surface area contributed by atoms with E-state index in [9.17, 15) is 4.79 Å². The molecule has 0 spiro atoms. The summed E-state index contributed by atoms with van der Waals surface area (Å²) < 4.78 is 0. The van der Waals surface area contributed by atoms with Crippen LogP contribution in [-0.2, 0) is 0 Å². The molecule has 0 aliphatic heterocycles. The number of benzene rings is 1. The normalized spacial score (nSPS) is 11.9. The van der Waals surface area contributed by atoms with E-state index < -0.39 is 5.97 Å². The Morgan fingerprint density at radius 2 is 2.05 bits per heavy atom. The molecule has 0 amide bonds. The molecule has 104 valence electrons. The van der Waals surface area contributed by atoms with E-state index in [0.29, 0.717) is 5.82 Å². The first-order valence-corrected chi connectivity index (χ1v) is 6.70. The largest absolute Gasteiger partial charge is 0.478 e.